The number of para-hydroxylation sites is 1. The van der Waals surface area contributed by atoms with Crippen molar-refractivity contribution in [2.45, 2.75) is 30.7 Å². The summed E-state index contributed by atoms with van der Waals surface area (Å²) < 4.78 is 1.63. The summed E-state index contributed by atoms with van der Waals surface area (Å²) in [6, 6.07) is 15.6. The molecule has 0 amide bonds. The second-order valence-corrected chi connectivity index (χ2v) is 7.96. The van der Waals surface area contributed by atoms with E-state index in [1.165, 1.54) is 22.1 Å². The normalized spacial score (nSPS) is 15.8. The van der Waals surface area contributed by atoms with Gasteiger partial charge in [-0.2, -0.15) is 0 Å². The van der Waals surface area contributed by atoms with Gasteiger partial charge in [-0.3, -0.25) is 4.79 Å². The van der Waals surface area contributed by atoms with Crippen LogP contribution in [0.3, 0.4) is 0 Å². The summed E-state index contributed by atoms with van der Waals surface area (Å²) in [6.45, 7) is 0.536. The maximum atomic E-state index is 12.7. The standard InChI is InChI=1S/C22H21NO3S/c1-27-18-7-6-15-10-14(11-17(15)12-18)8-9-23-20-5-3-2-4-16(20)13-19(21(23)24)22(25)26/h2-7,12-14H,8-11H2,1H3,(H,25,26). The molecule has 1 N–H and O–H groups in total. The smallest absolute Gasteiger partial charge is 0.341 e. The zero-order chi connectivity index (χ0) is 19.0. The van der Waals surface area contributed by atoms with Crippen LogP contribution in [-0.2, 0) is 19.4 Å². The Morgan fingerprint density at radius 1 is 1.15 bits per heavy atom. The average Bonchev–Trinajstić information content (AvgIpc) is 3.08. The molecule has 0 fully saturated rings. The molecular weight excluding hydrogens is 358 g/mol. The minimum absolute atomic E-state index is 0.159. The average molecular weight is 379 g/mol. The summed E-state index contributed by atoms with van der Waals surface area (Å²) in [6.07, 6.45) is 4.99. The van der Waals surface area contributed by atoms with Crippen LogP contribution in [0.2, 0.25) is 0 Å². The van der Waals surface area contributed by atoms with Crippen molar-refractivity contribution in [3.63, 3.8) is 0 Å². The highest BCUT2D eigenvalue weighted by atomic mass is 32.2. The van der Waals surface area contributed by atoms with Crippen molar-refractivity contribution in [2.75, 3.05) is 6.26 Å². The number of rotatable bonds is 5. The summed E-state index contributed by atoms with van der Waals surface area (Å²) in [4.78, 5) is 25.5. The Hall–Kier alpha value is -2.53. The molecule has 4 nitrogen and oxygen atoms in total. The van der Waals surface area contributed by atoms with Gasteiger partial charge in [0.1, 0.15) is 5.56 Å². The molecule has 0 radical (unpaired) electrons. The lowest BCUT2D eigenvalue weighted by molar-refractivity contribution is 0.0694. The number of carboxylic acid groups (broad SMARTS) is 1. The first-order chi connectivity index (χ1) is 13.1. The highest BCUT2D eigenvalue weighted by molar-refractivity contribution is 7.98. The SMILES string of the molecule is CSc1ccc2c(c1)CC(CCn1c(=O)c(C(=O)O)cc3ccccc31)C2. The number of hydrogen-bond donors (Lipinski definition) is 1. The maximum absolute atomic E-state index is 12.7. The van der Waals surface area contributed by atoms with Gasteiger partial charge in [-0.05, 0) is 72.2 Å². The number of carbonyl (C=O) groups is 1. The molecule has 0 spiro atoms. The van der Waals surface area contributed by atoms with Crippen molar-refractivity contribution in [2.24, 2.45) is 5.92 Å². The molecule has 1 aliphatic carbocycles. The van der Waals surface area contributed by atoms with Gasteiger partial charge in [0, 0.05) is 11.4 Å². The number of aromatic nitrogens is 1. The number of nitrogens with zero attached hydrogens (tertiary/aromatic N) is 1. The van der Waals surface area contributed by atoms with E-state index in [1.807, 2.05) is 24.3 Å². The minimum atomic E-state index is -1.17. The van der Waals surface area contributed by atoms with Crippen LogP contribution in [-0.4, -0.2) is 21.9 Å². The van der Waals surface area contributed by atoms with E-state index in [0.717, 1.165) is 30.2 Å². The van der Waals surface area contributed by atoms with E-state index >= 15 is 0 Å². The predicted molar refractivity (Wildman–Crippen MR) is 109 cm³/mol. The molecule has 27 heavy (non-hydrogen) atoms. The molecule has 1 aromatic heterocycles. The van der Waals surface area contributed by atoms with E-state index < -0.39 is 11.5 Å². The molecule has 1 heterocycles. The number of fused-ring (bicyclic) bond motifs is 2. The second kappa shape index (κ2) is 7.24. The number of thioether (sulfide) groups is 1. The van der Waals surface area contributed by atoms with Gasteiger partial charge in [0.25, 0.3) is 5.56 Å². The van der Waals surface area contributed by atoms with Crippen LogP contribution >= 0.6 is 11.8 Å². The molecular formula is C22H21NO3S. The summed E-state index contributed by atoms with van der Waals surface area (Å²) in [5.41, 5.74) is 3.03. The van der Waals surface area contributed by atoms with Crippen LogP contribution in [0.25, 0.3) is 10.9 Å². The third-order valence-electron chi connectivity index (χ3n) is 5.42. The summed E-state index contributed by atoms with van der Waals surface area (Å²) in [5.74, 6) is -0.686. The Bertz CT molecular complexity index is 1090. The zero-order valence-electron chi connectivity index (χ0n) is 15.1. The van der Waals surface area contributed by atoms with Crippen LogP contribution in [0.15, 0.2) is 58.2 Å². The molecule has 0 saturated heterocycles. The molecule has 1 unspecified atom stereocenters. The number of aryl methyl sites for hydroxylation is 1. The van der Waals surface area contributed by atoms with Gasteiger partial charge in [-0.1, -0.05) is 24.3 Å². The van der Waals surface area contributed by atoms with Crippen LogP contribution in [0.5, 0.6) is 0 Å². The largest absolute Gasteiger partial charge is 0.477 e. The van der Waals surface area contributed by atoms with Gasteiger partial charge in [0.15, 0.2) is 0 Å². The quantitative estimate of drug-likeness (QED) is 0.674. The van der Waals surface area contributed by atoms with Crippen LogP contribution < -0.4 is 5.56 Å². The zero-order valence-corrected chi connectivity index (χ0v) is 16.0. The number of benzene rings is 2. The van der Waals surface area contributed by atoms with Gasteiger partial charge in [-0.25, -0.2) is 4.79 Å². The molecule has 3 aromatic rings. The van der Waals surface area contributed by atoms with Gasteiger partial charge in [0.2, 0.25) is 0 Å². The third-order valence-corrected chi connectivity index (χ3v) is 6.15. The lowest BCUT2D eigenvalue weighted by Crippen LogP contribution is -2.27. The first-order valence-corrected chi connectivity index (χ1v) is 10.3. The molecule has 0 saturated carbocycles. The number of hydrogen-bond acceptors (Lipinski definition) is 3. The van der Waals surface area contributed by atoms with E-state index in [9.17, 15) is 14.7 Å². The fourth-order valence-electron chi connectivity index (χ4n) is 4.03. The number of carboxylic acids is 1. The first kappa shape index (κ1) is 17.9. The van der Waals surface area contributed by atoms with Crippen LogP contribution in [0.1, 0.15) is 27.9 Å². The molecule has 0 bridgehead atoms. The summed E-state index contributed by atoms with van der Waals surface area (Å²) >= 11 is 1.75. The van der Waals surface area contributed by atoms with E-state index in [2.05, 4.69) is 24.5 Å². The fourth-order valence-corrected chi connectivity index (χ4v) is 4.50. The van der Waals surface area contributed by atoms with Crippen molar-refractivity contribution < 1.29 is 9.90 Å². The third kappa shape index (κ3) is 3.39. The van der Waals surface area contributed by atoms with Crippen LogP contribution in [0, 0.1) is 5.92 Å². The van der Waals surface area contributed by atoms with Gasteiger partial charge >= 0.3 is 5.97 Å². The Kier molecular flexibility index (Phi) is 4.79. The number of aromatic carboxylic acids is 1. The lowest BCUT2D eigenvalue weighted by atomic mass is 10.0. The first-order valence-electron chi connectivity index (χ1n) is 9.08. The van der Waals surface area contributed by atoms with Crippen LogP contribution in [0.4, 0.5) is 0 Å². The molecule has 0 aliphatic heterocycles. The summed E-state index contributed by atoms with van der Waals surface area (Å²) in [7, 11) is 0. The Labute approximate surface area is 161 Å². The molecule has 1 atom stereocenters. The monoisotopic (exact) mass is 379 g/mol. The van der Waals surface area contributed by atoms with E-state index in [4.69, 9.17) is 0 Å². The molecule has 4 rings (SSSR count). The molecule has 5 heteroatoms. The molecule has 2 aromatic carbocycles. The van der Waals surface area contributed by atoms with Gasteiger partial charge in [0.05, 0.1) is 5.52 Å². The van der Waals surface area contributed by atoms with Crippen molar-refractivity contribution in [1.82, 2.24) is 4.57 Å². The second-order valence-electron chi connectivity index (χ2n) is 7.08. The van der Waals surface area contributed by atoms with Crippen molar-refractivity contribution in [3.05, 3.63) is 75.6 Å². The van der Waals surface area contributed by atoms with Crippen molar-refractivity contribution >= 4 is 28.6 Å². The number of pyridine rings is 1. The highest BCUT2D eigenvalue weighted by Crippen LogP contribution is 2.32. The predicted octanol–water partition coefficient (Wildman–Crippen LogP) is 4.23. The Morgan fingerprint density at radius 2 is 1.93 bits per heavy atom. The van der Waals surface area contributed by atoms with E-state index in [-0.39, 0.29) is 5.56 Å². The fraction of sp³-hybridized carbons (Fsp3) is 0.273. The van der Waals surface area contributed by atoms with Gasteiger partial charge < -0.3 is 9.67 Å². The maximum Gasteiger partial charge on any atom is 0.341 e. The molecule has 1 aliphatic rings. The Morgan fingerprint density at radius 3 is 2.70 bits per heavy atom. The van der Waals surface area contributed by atoms with E-state index in [1.54, 1.807) is 16.3 Å². The minimum Gasteiger partial charge on any atom is -0.477 e. The highest BCUT2D eigenvalue weighted by Gasteiger charge is 2.22. The molecule has 138 valence electrons. The van der Waals surface area contributed by atoms with Crippen molar-refractivity contribution in [3.8, 4) is 0 Å². The Balaban J connectivity index is 1.60. The van der Waals surface area contributed by atoms with E-state index in [0.29, 0.717) is 12.5 Å². The van der Waals surface area contributed by atoms with Crippen molar-refractivity contribution in [1.29, 1.82) is 0 Å². The summed E-state index contributed by atoms with van der Waals surface area (Å²) in [5, 5.41) is 10.2. The van der Waals surface area contributed by atoms with Gasteiger partial charge in [-0.15, -0.1) is 11.8 Å². The lowest BCUT2D eigenvalue weighted by Gasteiger charge is -2.14. The topological polar surface area (TPSA) is 59.3 Å².